The second-order valence-corrected chi connectivity index (χ2v) is 9.35. The van der Waals surface area contributed by atoms with Crippen molar-refractivity contribution in [2.24, 2.45) is 0 Å². The van der Waals surface area contributed by atoms with Crippen molar-refractivity contribution in [3.63, 3.8) is 0 Å². The van der Waals surface area contributed by atoms with Crippen molar-refractivity contribution in [3.05, 3.63) is 34.9 Å². The highest BCUT2D eigenvalue weighted by atomic mass is 35.5. The van der Waals surface area contributed by atoms with Gasteiger partial charge in [0.15, 0.2) is 9.84 Å². The summed E-state index contributed by atoms with van der Waals surface area (Å²) in [4.78, 5) is 25.8. The summed E-state index contributed by atoms with van der Waals surface area (Å²) in [6, 6.07) is 5.84. The van der Waals surface area contributed by atoms with Crippen molar-refractivity contribution in [2.75, 3.05) is 12.8 Å². The van der Waals surface area contributed by atoms with Crippen LogP contribution in [0.4, 0.5) is 0 Å². The minimum atomic E-state index is -3.41. The molecule has 2 aliphatic rings. The largest absolute Gasteiger partial charge is 0.480 e. The van der Waals surface area contributed by atoms with Gasteiger partial charge in [0.25, 0.3) is 0 Å². The number of carboxylic acids is 1. The predicted molar refractivity (Wildman–Crippen MR) is 88.7 cm³/mol. The Kier molecular flexibility index (Phi) is 4.12. The number of carbonyl (C=O) groups excluding carboxylic acids is 1. The van der Waals surface area contributed by atoms with Crippen molar-refractivity contribution in [3.8, 4) is 0 Å². The molecular weight excluding hydrogens is 354 g/mol. The molecule has 1 aliphatic carbocycles. The molecule has 3 rings (SSSR count). The van der Waals surface area contributed by atoms with E-state index < -0.39 is 32.5 Å². The molecule has 8 heteroatoms. The molecule has 1 saturated carbocycles. The fourth-order valence-corrected chi connectivity index (χ4v) is 4.45. The molecular formula is C16H18ClNO5S. The highest BCUT2D eigenvalue weighted by Crippen LogP contribution is 2.50. The molecule has 2 unspecified atom stereocenters. The van der Waals surface area contributed by atoms with Gasteiger partial charge in [0, 0.05) is 17.8 Å². The van der Waals surface area contributed by atoms with Gasteiger partial charge in [-0.15, -0.1) is 0 Å². The normalized spacial score (nSPS) is 25.5. The lowest BCUT2D eigenvalue weighted by Crippen LogP contribution is -2.45. The quantitative estimate of drug-likeness (QED) is 0.865. The summed E-state index contributed by atoms with van der Waals surface area (Å²) in [6.45, 7) is -0.0655. The van der Waals surface area contributed by atoms with Crippen LogP contribution in [0, 0.1) is 0 Å². The Morgan fingerprint density at radius 3 is 2.29 bits per heavy atom. The average molecular weight is 372 g/mol. The average Bonchev–Trinajstić information content (AvgIpc) is 3.16. The first-order chi connectivity index (χ1) is 11.1. The summed E-state index contributed by atoms with van der Waals surface area (Å²) in [5.74, 6) is -1.47. The number of hydrogen-bond donors (Lipinski definition) is 1. The van der Waals surface area contributed by atoms with Crippen molar-refractivity contribution < 1.29 is 23.1 Å². The van der Waals surface area contributed by atoms with Gasteiger partial charge < -0.3 is 10.0 Å². The Balaban J connectivity index is 1.90. The minimum absolute atomic E-state index is 0.0589. The van der Waals surface area contributed by atoms with Crippen molar-refractivity contribution in [1.82, 2.24) is 4.90 Å². The van der Waals surface area contributed by atoms with Gasteiger partial charge in [-0.05, 0) is 37.0 Å². The Morgan fingerprint density at radius 2 is 1.83 bits per heavy atom. The van der Waals surface area contributed by atoms with E-state index in [-0.39, 0.29) is 18.9 Å². The predicted octanol–water partition coefficient (Wildman–Crippen LogP) is 1.47. The first-order valence-electron chi connectivity index (χ1n) is 7.64. The van der Waals surface area contributed by atoms with Gasteiger partial charge in [-0.3, -0.25) is 4.79 Å². The van der Waals surface area contributed by atoms with Crippen molar-refractivity contribution in [1.29, 1.82) is 0 Å². The SMILES string of the molecule is CS(=O)(=O)C1CC(C(=O)O)N(C(=O)C2(c3ccc(Cl)cc3)CC2)C1. The molecule has 1 aliphatic heterocycles. The zero-order chi connectivity index (χ0) is 17.7. The lowest BCUT2D eigenvalue weighted by atomic mass is 9.94. The van der Waals surface area contributed by atoms with Gasteiger partial charge in [0.2, 0.25) is 5.91 Å². The standard InChI is InChI=1S/C16H18ClNO5S/c1-24(22,23)12-8-13(14(19)20)18(9-12)15(21)16(6-7-16)10-2-4-11(17)5-3-10/h2-5,12-13H,6-9H2,1H3,(H,19,20). The Bertz CT molecular complexity index is 785. The van der Waals surface area contributed by atoms with Crippen LogP contribution in [0.3, 0.4) is 0 Å². The van der Waals surface area contributed by atoms with Gasteiger partial charge in [0.05, 0.1) is 10.7 Å². The third kappa shape index (κ3) is 2.91. The van der Waals surface area contributed by atoms with Crippen LogP contribution in [0.2, 0.25) is 5.02 Å². The number of amides is 1. The zero-order valence-electron chi connectivity index (χ0n) is 13.1. The molecule has 1 N–H and O–H groups in total. The van der Waals surface area contributed by atoms with Gasteiger partial charge in [-0.1, -0.05) is 23.7 Å². The molecule has 2 atom stereocenters. The number of aliphatic carboxylic acids is 1. The Hall–Kier alpha value is -1.60. The maximum Gasteiger partial charge on any atom is 0.326 e. The highest BCUT2D eigenvalue weighted by molar-refractivity contribution is 7.91. The first-order valence-corrected chi connectivity index (χ1v) is 9.97. The molecule has 2 fully saturated rings. The number of benzene rings is 1. The number of likely N-dealkylation sites (tertiary alicyclic amines) is 1. The third-order valence-corrected chi connectivity index (χ3v) is 6.77. The lowest BCUT2D eigenvalue weighted by molar-refractivity contribution is -0.149. The molecule has 0 spiro atoms. The topological polar surface area (TPSA) is 91.8 Å². The molecule has 24 heavy (non-hydrogen) atoms. The van der Waals surface area contributed by atoms with E-state index >= 15 is 0 Å². The van der Waals surface area contributed by atoms with Gasteiger partial charge in [-0.25, -0.2) is 13.2 Å². The van der Waals surface area contributed by atoms with Crippen LogP contribution in [0.25, 0.3) is 0 Å². The number of halogens is 1. The number of rotatable bonds is 4. The minimum Gasteiger partial charge on any atom is -0.480 e. The van der Waals surface area contributed by atoms with Crippen LogP contribution in [-0.2, 0) is 24.8 Å². The summed E-state index contributed by atoms with van der Waals surface area (Å²) in [5.41, 5.74) is 0.0499. The smallest absolute Gasteiger partial charge is 0.326 e. The van der Waals surface area contributed by atoms with E-state index in [0.29, 0.717) is 17.9 Å². The van der Waals surface area contributed by atoms with E-state index in [1.54, 1.807) is 24.3 Å². The molecule has 1 heterocycles. The number of sulfone groups is 1. The molecule has 1 aromatic rings. The molecule has 6 nitrogen and oxygen atoms in total. The van der Waals surface area contributed by atoms with Crippen LogP contribution >= 0.6 is 11.6 Å². The van der Waals surface area contributed by atoms with Crippen molar-refractivity contribution >= 4 is 33.3 Å². The van der Waals surface area contributed by atoms with Gasteiger partial charge in [0.1, 0.15) is 6.04 Å². The van der Waals surface area contributed by atoms with E-state index in [4.69, 9.17) is 11.6 Å². The molecule has 1 saturated heterocycles. The number of hydrogen-bond acceptors (Lipinski definition) is 4. The second-order valence-electron chi connectivity index (χ2n) is 6.59. The Labute approximate surface area is 145 Å². The fourth-order valence-electron chi connectivity index (χ4n) is 3.36. The summed E-state index contributed by atoms with van der Waals surface area (Å²) in [7, 11) is -3.41. The summed E-state index contributed by atoms with van der Waals surface area (Å²) < 4.78 is 23.6. The first kappa shape index (κ1) is 17.2. The summed E-state index contributed by atoms with van der Waals surface area (Å²) in [5, 5.41) is 9.13. The number of carbonyl (C=O) groups is 2. The van der Waals surface area contributed by atoms with E-state index in [9.17, 15) is 23.1 Å². The van der Waals surface area contributed by atoms with Crippen LogP contribution in [0.5, 0.6) is 0 Å². The molecule has 1 amide bonds. The Morgan fingerprint density at radius 1 is 1.25 bits per heavy atom. The monoisotopic (exact) mass is 371 g/mol. The second kappa shape index (κ2) is 5.74. The van der Waals surface area contributed by atoms with Gasteiger partial charge in [-0.2, -0.15) is 0 Å². The summed E-state index contributed by atoms with van der Waals surface area (Å²) >= 11 is 5.88. The maximum absolute atomic E-state index is 13.0. The van der Waals surface area contributed by atoms with Crippen LogP contribution < -0.4 is 0 Å². The molecule has 0 aromatic heterocycles. The third-order valence-electron chi connectivity index (χ3n) is 4.97. The summed E-state index contributed by atoms with van der Waals surface area (Å²) in [6.07, 6.45) is 2.27. The van der Waals surface area contributed by atoms with Crippen LogP contribution in [0.1, 0.15) is 24.8 Å². The van der Waals surface area contributed by atoms with Crippen LogP contribution in [0.15, 0.2) is 24.3 Å². The van der Waals surface area contributed by atoms with Crippen LogP contribution in [-0.4, -0.2) is 54.4 Å². The molecule has 1 aromatic carbocycles. The maximum atomic E-state index is 13.0. The number of nitrogens with zero attached hydrogens (tertiary/aromatic N) is 1. The highest BCUT2D eigenvalue weighted by Gasteiger charge is 2.56. The van der Waals surface area contributed by atoms with Gasteiger partial charge >= 0.3 is 5.97 Å². The molecule has 130 valence electrons. The van der Waals surface area contributed by atoms with Crippen molar-refractivity contribution in [2.45, 2.75) is 36.0 Å². The molecule has 0 bridgehead atoms. The number of carboxylic acid groups (broad SMARTS) is 1. The molecule has 0 radical (unpaired) electrons. The van der Waals surface area contributed by atoms with E-state index in [1.807, 2.05) is 0 Å². The lowest BCUT2D eigenvalue weighted by Gasteiger charge is -2.27. The van der Waals surface area contributed by atoms with E-state index in [2.05, 4.69) is 0 Å². The van der Waals surface area contributed by atoms with E-state index in [1.165, 1.54) is 4.90 Å². The van der Waals surface area contributed by atoms with E-state index in [0.717, 1.165) is 11.8 Å². The zero-order valence-corrected chi connectivity index (χ0v) is 14.7. The fraction of sp³-hybridized carbons (Fsp3) is 0.500.